The minimum Gasteiger partial charge on any atom is -0.462 e. The summed E-state index contributed by atoms with van der Waals surface area (Å²) in [6, 6.07) is 0. The predicted molar refractivity (Wildman–Crippen MR) is 338 cm³/mol. The van der Waals surface area contributed by atoms with E-state index in [0.717, 1.165) is 167 Å². The molecular weight excluding hydrogens is 961 g/mol. The van der Waals surface area contributed by atoms with E-state index in [4.69, 9.17) is 14.2 Å². The Kier molecular flexibility index (Phi) is 60.0. The monoisotopic (exact) mass is 1070 g/mol. The summed E-state index contributed by atoms with van der Waals surface area (Å²) in [7, 11) is 0. The van der Waals surface area contributed by atoms with E-state index in [-0.39, 0.29) is 37.5 Å². The summed E-state index contributed by atoms with van der Waals surface area (Å²) in [6.45, 7) is 6.32. The molecule has 6 heteroatoms. The molecule has 0 amide bonds. The Morgan fingerprint density at radius 2 is 0.500 bits per heavy atom. The molecule has 1 unspecified atom stereocenters. The van der Waals surface area contributed by atoms with E-state index < -0.39 is 6.10 Å². The number of carbonyl (C=O) groups is 3. The van der Waals surface area contributed by atoms with Crippen LogP contribution in [-0.4, -0.2) is 37.2 Å². The number of ether oxygens (including phenoxy) is 3. The molecule has 0 spiro atoms. The van der Waals surface area contributed by atoms with Gasteiger partial charge >= 0.3 is 17.9 Å². The standard InChI is InChI=1S/C72H112O6/c1-4-7-10-13-16-19-22-25-27-29-31-32-33-34-35-36-37-38-39-40-42-43-45-47-50-53-56-59-62-65-71(74)77-68-69(67-76-70(73)64-61-58-55-52-49-24-21-18-15-12-9-6-3)78-72(75)66-63-60-57-54-51-48-46-44-41-30-28-26-23-20-17-14-11-8-5-2/h7-8,10-11,16-21,25-28,31-32,34-35,37-38,40-42,44-45,47-48,51,69H,4-6,9,12-15,22-24,29-30,33,36,39,43,46,49-50,52-68H2,1-3H3/b10-7-,11-8-,19-16-,20-17-,21-18-,27-25-,28-26-,32-31-,35-34-,38-37-,42-40-,44-41-,47-45-,51-48-. The lowest BCUT2D eigenvalue weighted by Gasteiger charge is -2.18. The Hall–Kier alpha value is -5.23. The third-order valence-electron chi connectivity index (χ3n) is 12.4. The van der Waals surface area contributed by atoms with E-state index in [1.165, 1.54) is 32.1 Å². The fourth-order valence-electron chi connectivity index (χ4n) is 7.83. The zero-order valence-electron chi connectivity index (χ0n) is 49.9. The summed E-state index contributed by atoms with van der Waals surface area (Å²) in [6.07, 6.45) is 94.9. The molecule has 0 aromatic carbocycles. The highest BCUT2D eigenvalue weighted by molar-refractivity contribution is 5.71. The molecule has 0 saturated heterocycles. The van der Waals surface area contributed by atoms with Gasteiger partial charge in [0.2, 0.25) is 0 Å². The van der Waals surface area contributed by atoms with Gasteiger partial charge < -0.3 is 14.2 Å². The minimum absolute atomic E-state index is 0.112. The molecule has 78 heavy (non-hydrogen) atoms. The number of esters is 3. The maximum Gasteiger partial charge on any atom is 0.306 e. The molecule has 0 fully saturated rings. The summed E-state index contributed by atoms with van der Waals surface area (Å²) in [5.74, 6) is -0.987. The first-order valence-electron chi connectivity index (χ1n) is 31.1. The van der Waals surface area contributed by atoms with Crippen LogP contribution in [0.4, 0.5) is 0 Å². The van der Waals surface area contributed by atoms with Crippen molar-refractivity contribution in [2.24, 2.45) is 0 Å². The van der Waals surface area contributed by atoms with Gasteiger partial charge in [-0.3, -0.25) is 14.4 Å². The number of allylic oxidation sites excluding steroid dienone is 28. The zero-order chi connectivity index (χ0) is 56.4. The minimum atomic E-state index is -0.819. The van der Waals surface area contributed by atoms with Crippen LogP contribution in [0.1, 0.15) is 245 Å². The van der Waals surface area contributed by atoms with Crippen LogP contribution in [0.5, 0.6) is 0 Å². The first-order valence-corrected chi connectivity index (χ1v) is 31.1. The summed E-state index contributed by atoms with van der Waals surface area (Å²) in [5.41, 5.74) is 0. The average Bonchev–Trinajstić information content (AvgIpc) is 3.44. The molecule has 0 aromatic rings. The first-order chi connectivity index (χ1) is 38.5. The Labute approximate surface area is 479 Å². The van der Waals surface area contributed by atoms with E-state index in [1.807, 2.05) is 0 Å². The van der Waals surface area contributed by atoms with Gasteiger partial charge in [-0.2, -0.15) is 0 Å². The predicted octanol–water partition coefficient (Wildman–Crippen LogP) is 21.5. The van der Waals surface area contributed by atoms with E-state index in [9.17, 15) is 14.4 Å². The average molecular weight is 1070 g/mol. The van der Waals surface area contributed by atoms with Gasteiger partial charge in [0.1, 0.15) is 13.2 Å². The van der Waals surface area contributed by atoms with Crippen molar-refractivity contribution in [1.29, 1.82) is 0 Å². The summed E-state index contributed by atoms with van der Waals surface area (Å²) in [4.78, 5) is 38.2. The Bertz CT molecular complexity index is 1810. The largest absolute Gasteiger partial charge is 0.462 e. The Balaban J connectivity index is 4.46. The molecule has 436 valence electrons. The maximum absolute atomic E-state index is 12.9. The topological polar surface area (TPSA) is 78.9 Å². The third kappa shape index (κ3) is 61.6. The lowest BCUT2D eigenvalue weighted by Crippen LogP contribution is -2.30. The van der Waals surface area contributed by atoms with Crippen molar-refractivity contribution in [3.8, 4) is 0 Å². The quantitative estimate of drug-likeness (QED) is 0.0261. The molecule has 0 heterocycles. The second-order valence-corrected chi connectivity index (χ2v) is 19.8. The first kappa shape index (κ1) is 72.8. The molecular formula is C72H112O6. The van der Waals surface area contributed by atoms with Crippen LogP contribution >= 0.6 is 0 Å². The fraction of sp³-hybridized carbons (Fsp3) is 0.569. The van der Waals surface area contributed by atoms with Crippen LogP contribution < -0.4 is 0 Å². The molecule has 0 saturated carbocycles. The van der Waals surface area contributed by atoms with Crippen LogP contribution in [0, 0.1) is 0 Å². The lowest BCUT2D eigenvalue weighted by molar-refractivity contribution is -0.167. The van der Waals surface area contributed by atoms with Crippen molar-refractivity contribution in [2.75, 3.05) is 13.2 Å². The van der Waals surface area contributed by atoms with Gasteiger partial charge in [-0.15, -0.1) is 0 Å². The maximum atomic E-state index is 12.9. The van der Waals surface area contributed by atoms with Crippen molar-refractivity contribution in [1.82, 2.24) is 0 Å². The van der Waals surface area contributed by atoms with Gasteiger partial charge in [-0.25, -0.2) is 0 Å². The molecule has 0 aromatic heterocycles. The molecule has 0 N–H and O–H groups in total. The highest BCUT2D eigenvalue weighted by Crippen LogP contribution is 2.13. The van der Waals surface area contributed by atoms with Gasteiger partial charge in [0.05, 0.1) is 0 Å². The van der Waals surface area contributed by atoms with Crippen molar-refractivity contribution < 1.29 is 28.6 Å². The fourth-order valence-corrected chi connectivity index (χ4v) is 7.83. The van der Waals surface area contributed by atoms with Gasteiger partial charge in [-0.05, 0) is 154 Å². The van der Waals surface area contributed by atoms with Crippen LogP contribution in [0.2, 0.25) is 0 Å². The number of unbranched alkanes of at least 4 members (excludes halogenated alkanes) is 15. The molecule has 1 atom stereocenters. The summed E-state index contributed by atoms with van der Waals surface area (Å²) in [5, 5.41) is 0. The summed E-state index contributed by atoms with van der Waals surface area (Å²) < 4.78 is 16.8. The van der Waals surface area contributed by atoms with Crippen LogP contribution in [-0.2, 0) is 28.6 Å². The van der Waals surface area contributed by atoms with E-state index in [1.54, 1.807) is 0 Å². The smallest absolute Gasteiger partial charge is 0.306 e. The van der Waals surface area contributed by atoms with Gasteiger partial charge in [-0.1, -0.05) is 242 Å². The number of hydrogen-bond acceptors (Lipinski definition) is 6. The van der Waals surface area contributed by atoms with Crippen molar-refractivity contribution >= 4 is 17.9 Å². The molecule has 6 nitrogen and oxygen atoms in total. The second kappa shape index (κ2) is 64.3. The van der Waals surface area contributed by atoms with Crippen LogP contribution in [0.15, 0.2) is 170 Å². The van der Waals surface area contributed by atoms with Crippen LogP contribution in [0.25, 0.3) is 0 Å². The molecule has 0 aliphatic rings. The SMILES string of the molecule is CC/C=C\C/C=C\C/C=C\C/C=C\C/C=C\C/C=C\C/C=C\C/C=C\CCCCCCC(=O)OCC(COC(=O)CCCCCCC/C=C\CCCCC)OC(=O)CCCCC/C=C\C/C=C\C/C=C\C/C=C\C/C=C\CC. The highest BCUT2D eigenvalue weighted by atomic mass is 16.6. The molecule has 0 rings (SSSR count). The second-order valence-electron chi connectivity index (χ2n) is 19.8. The third-order valence-corrected chi connectivity index (χ3v) is 12.4. The normalized spacial score (nSPS) is 13.3. The number of carbonyl (C=O) groups excluding carboxylic acids is 3. The van der Waals surface area contributed by atoms with E-state index in [2.05, 4.69) is 191 Å². The van der Waals surface area contributed by atoms with Crippen molar-refractivity contribution in [3.05, 3.63) is 170 Å². The highest BCUT2D eigenvalue weighted by Gasteiger charge is 2.19. The number of rotatable bonds is 54. The van der Waals surface area contributed by atoms with E-state index >= 15 is 0 Å². The van der Waals surface area contributed by atoms with Gasteiger partial charge in [0, 0.05) is 19.3 Å². The molecule has 0 aliphatic carbocycles. The molecule has 0 bridgehead atoms. The van der Waals surface area contributed by atoms with E-state index in [0.29, 0.717) is 19.3 Å². The lowest BCUT2D eigenvalue weighted by atomic mass is 10.1. The molecule has 0 radical (unpaired) electrons. The Morgan fingerprint density at radius 3 is 0.808 bits per heavy atom. The zero-order valence-corrected chi connectivity index (χ0v) is 49.9. The van der Waals surface area contributed by atoms with Crippen molar-refractivity contribution in [3.63, 3.8) is 0 Å². The number of hydrogen-bond donors (Lipinski definition) is 0. The van der Waals surface area contributed by atoms with Gasteiger partial charge in [0.25, 0.3) is 0 Å². The summed E-state index contributed by atoms with van der Waals surface area (Å²) >= 11 is 0. The van der Waals surface area contributed by atoms with Crippen LogP contribution in [0.3, 0.4) is 0 Å². The molecule has 0 aliphatic heterocycles. The van der Waals surface area contributed by atoms with Gasteiger partial charge in [0.15, 0.2) is 6.10 Å². The van der Waals surface area contributed by atoms with Crippen molar-refractivity contribution in [2.45, 2.75) is 252 Å². The Morgan fingerprint density at radius 1 is 0.269 bits per heavy atom.